The maximum absolute atomic E-state index is 8.71. The molecule has 0 atom stereocenters. The minimum Gasteiger partial charge on any atom is -0.492 e. The Morgan fingerprint density at radius 3 is 2.95 bits per heavy atom. The summed E-state index contributed by atoms with van der Waals surface area (Å²) in [6.07, 6.45) is 3.19. The van der Waals surface area contributed by atoms with Gasteiger partial charge in [-0.15, -0.1) is 0 Å². The Morgan fingerprint density at radius 1 is 1.40 bits per heavy atom. The second-order valence-corrected chi connectivity index (χ2v) is 5.01. The number of aliphatic hydroxyl groups excluding tert-OH is 1. The maximum atomic E-state index is 8.71. The summed E-state index contributed by atoms with van der Waals surface area (Å²) in [6.45, 7) is 5.12. The maximum Gasteiger partial charge on any atom is 0.120 e. The summed E-state index contributed by atoms with van der Waals surface area (Å²) in [6, 6.07) is 8.62. The summed E-state index contributed by atoms with van der Waals surface area (Å²) < 4.78 is 5.80. The molecular formula is C17H23NO2. The van der Waals surface area contributed by atoms with Crippen LogP contribution in [-0.4, -0.2) is 42.4 Å². The Labute approximate surface area is 121 Å². The zero-order valence-electron chi connectivity index (χ0n) is 12.1. The van der Waals surface area contributed by atoms with Gasteiger partial charge in [0.1, 0.15) is 12.4 Å². The molecule has 0 saturated heterocycles. The standard InChI is InChI=1S/C17H23NO2/c1-2-18(16-9-10-16)11-13-20-17-8-5-7-15(14-17)6-3-4-12-19/h5,7-8,14,16,19H,2,4,9-13H2,1H3. The molecule has 108 valence electrons. The fourth-order valence-electron chi connectivity index (χ4n) is 2.20. The molecule has 1 aliphatic rings. The summed E-state index contributed by atoms with van der Waals surface area (Å²) in [5.41, 5.74) is 0.936. The van der Waals surface area contributed by atoms with Gasteiger partial charge in [-0.3, -0.25) is 4.90 Å². The first-order valence-corrected chi connectivity index (χ1v) is 7.40. The molecule has 1 saturated carbocycles. The van der Waals surface area contributed by atoms with Gasteiger partial charge in [0.15, 0.2) is 0 Å². The molecule has 20 heavy (non-hydrogen) atoms. The topological polar surface area (TPSA) is 32.7 Å². The molecule has 1 aromatic rings. The normalized spacial score (nSPS) is 13.9. The first-order valence-electron chi connectivity index (χ1n) is 7.40. The van der Waals surface area contributed by atoms with Crippen LogP contribution in [0.3, 0.4) is 0 Å². The number of benzene rings is 1. The predicted octanol–water partition coefficient (Wildman–Crippen LogP) is 2.28. The summed E-state index contributed by atoms with van der Waals surface area (Å²) >= 11 is 0. The lowest BCUT2D eigenvalue weighted by Gasteiger charge is -2.19. The first-order chi connectivity index (χ1) is 9.83. The number of ether oxygens (including phenoxy) is 1. The molecular weight excluding hydrogens is 250 g/mol. The monoisotopic (exact) mass is 273 g/mol. The van der Waals surface area contributed by atoms with E-state index >= 15 is 0 Å². The third-order valence-corrected chi connectivity index (χ3v) is 3.42. The van der Waals surface area contributed by atoms with E-state index in [1.807, 2.05) is 24.3 Å². The molecule has 0 bridgehead atoms. The van der Waals surface area contributed by atoms with E-state index in [4.69, 9.17) is 9.84 Å². The summed E-state index contributed by atoms with van der Waals surface area (Å²) in [4.78, 5) is 2.48. The lowest BCUT2D eigenvalue weighted by Crippen LogP contribution is -2.30. The average molecular weight is 273 g/mol. The molecule has 0 aliphatic heterocycles. The van der Waals surface area contributed by atoms with Crippen LogP contribution < -0.4 is 4.74 Å². The van der Waals surface area contributed by atoms with E-state index in [1.54, 1.807) is 0 Å². The van der Waals surface area contributed by atoms with Gasteiger partial charge in [-0.1, -0.05) is 24.8 Å². The van der Waals surface area contributed by atoms with E-state index in [9.17, 15) is 0 Å². The first kappa shape index (κ1) is 14.9. The van der Waals surface area contributed by atoms with Crippen LogP contribution in [0.4, 0.5) is 0 Å². The smallest absolute Gasteiger partial charge is 0.120 e. The zero-order chi connectivity index (χ0) is 14.2. The van der Waals surface area contributed by atoms with Crippen molar-refractivity contribution in [2.45, 2.75) is 32.2 Å². The highest BCUT2D eigenvalue weighted by atomic mass is 16.5. The average Bonchev–Trinajstić information content (AvgIpc) is 3.29. The number of hydrogen-bond donors (Lipinski definition) is 1. The minimum absolute atomic E-state index is 0.108. The van der Waals surface area contributed by atoms with Crippen LogP contribution in [-0.2, 0) is 0 Å². The van der Waals surface area contributed by atoms with Gasteiger partial charge in [-0.2, -0.15) is 0 Å². The van der Waals surface area contributed by atoms with Crippen LogP contribution in [0.5, 0.6) is 5.75 Å². The van der Waals surface area contributed by atoms with Crippen LogP contribution in [0, 0.1) is 11.8 Å². The summed E-state index contributed by atoms with van der Waals surface area (Å²) in [7, 11) is 0. The lowest BCUT2D eigenvalue weighted by atomic mass is 10.2. The number of rotatable bonds is 7. The van der Waals surface area contributed by atoms with Crippen molar-refractivity contribution in [3.05, 3.63) is 29.8 Å². The van der Waals surface area contributed by atoms with E-state index in [-0.39, 0.29) is 6.61 Å². The lowest BCUT2D eigenvalue weighted by molar-refractivity contribution is 0.209. The summed E-state index contributed by atoms with van der Waals surface area (Å²) in [5.74, 6) is 6.81. The molecule has 0 radical (unpaired) electrons. The Kier molecular flexibility index (Phi) is 5.91. The van der Waals surface area contributed by atoms with Crippen molar-refractivity contribution in [1.29, 1.82) is 0 Å². The van der Waals surface area contributed by atoms with E-state index in [0.29, 0.717) is 6.42 Å². The van der Waals surface area contributed by atoms with Gasteiger partial charge in [0, 0.05) is 24.6 Å². The SMILES string of the molecule is CCN(CCOc1cccc(C#CCCO)c1)C1CC1. The van der Waals surface area contributed by atoms with Gasteiger partial charge >= 0.3 is 0 Å². The second kappa shape index (κ2) is 7.94. The second-order valence-electron chi connectivity index (χ2n) is 5.01. The van der Waals surface area contributed by atoms with Gasteiger partial charge < -0.3 is 9.84 Å². The largest absolute Gasteiger partial charge is 0.492 e. The molecule has 3 nitrogen and oxygen atoms in total. The third-order valence-electron chi connectivity index (χ3n) is 3.42. The van der Waals surface area contributed by atoms with Gasteiger partial charge in [0.2, 0.25) is 0 Å². The Bertz CT molecular complexity index is 471. The van der Waals surface area contributed by atoms with Crippen LogP contribution in [0.25, 0.3) is 0 Å². The molecule has 3 heteroatoms. The van der Waals surface area contributed by atoms with E-state index in [2.05, 4.69) is 23.7 Å². The molecule has 0 spiro atoms. The van der Waals surface area contributed by atoms with Gasteiger partial charge in [0.05, 0.1) is 6.61 Å². The van der Waals surface area contributed by atoms with E-state index in [0.717, 1.165) is 37.1 Å². The molecule has 0 heterocycles. The third kappa shape index (κ3) is 4.88. The van der Waals surface area contributed by atoms with Crippen molar-refractivity contribution < 1.29 is 9.84 Å². The highest BCUT2D eigenvalue weighted by Crippen LogP contribution is 2.26. The highest BCUT2D eigenvalue weighted by Gasteiger charge is 2.27. The van der Waals surface area contributed by atoms with E-state index < -0.39 is 0 Å². The van der Waals surface area contributed by atoms with Gasteiger partial charge in [0.25, 0.3) is 0 Å². The van der Waals surface area contributed by atoms with E-state index in [1.165, 1.54) is 12.8 Å². The Morgan fingerprint density at radius 2 is 2.25 bits per heavy atom. The van der Waals surface area contributed by atoms with Crippen LogP contribution in [0.15, 0.2) is 24.3 Å². The van der Waals surface area contributed by atoms with Gasteiger partial charge in [-0.25, -0.2) is 0 Å². The molecule has 0 aromatic heterocycles. The van der Waals surface area contributed by atoms with Crippen LogP contribution >= 0.6 is 0 Å². The molecule has 0 amide bonds. The molecule has 1 aliphatic carbocycles. The van der Waals surface area contributed by atoms with Crippen LogP contribution in [0.1, 0.15) is 31.7 Å². The van der Waals surface area contributed by atoms with Gasteiger partial charge in [-0.05, 0) is 37.6 Å². The fourth-order valence-corrected chi connectivity index (χ4v) is 2.20. The van der Waals surface area contributed by atoms with Crippen molar-refractivity contribution in [3.8, 4) is 17.6 Å². The van der Waals surface area contributed by atoms with Crippen molar-refractivity contribution >= 4 is 0 Å². The molecule has 1 aromatic carbocycles. The fraction of sp³-hybridized carbons (Fsp3) is 0.529. The molecule has 1 fully saturated rings. The predicted molar refractivity (Wildman–Crippen MR) is 80.8 cm³/mol. The van der Waals surface area contributed by atoms with Crippen molar-refractivity contribution in [1.82, 2.24) is 4.90 Å². The Balaban J connectivity index is 1.80. The molecule has 0 unspecified atom stereocenters. The van der Waals surface area contributed by atoms with Crippen LogP contribution in [0.2, 0.25) is 0 Å². The number of hydrogen-bond acceptors (Lipinski definition) is 3. The number of aliphatic hydroxyl groups is 1. The summed E-state index contributed by atoms with van der Waals surface area (Å²) in [5, 5.41) is 8.71. The Hall–Kier alpha value is -1.50. The molecule has 2 rings (SSSR count). The van der Waals surface area contributed by atoms with Crippen molar-refractivity contribution in [2.24, 2.45) is 0 Å². The molecule has 1 N–H and O–H groups in total. The zero-order valence-corrected chi connectivity index (χ0v) is 12.1. The quantitative estimate of drug-likeness (QED) is 0.774. The number of likely N-dealkylation sites (N-methyl/N-ethyl adjacent to an activating group) is 1. The highest BCUT2D eigenvalue weighted by molar-refractivity contribution is 5.39. The number of nitrogens with zero attached hydrogens (tertiary/aromatic N) is 1. The van der Waals surface area contributed by atoms with Crippen molar-refractivity contribution in [3.63, 3.8) is 0 Å². The minimum atomic E-state index is 0.108. The van der Waals surface area contributed by atoms with Crippen molar-refractivity contribution in [2.75, 3.05) is 26.3 Å².